The lowest BCUT2D eigenvalue weighted by atomic mass is 10.1. The predicted octanol–water partition coefficient (Wildman–Crippen LogP) is 5.74. The molecule has 2 aliphatic rings. The van der Waals surface area contributed by atoms with Gasteiger partial charge in [0, 0.05) is 50.9 Å². The zero-order valence-electron chi connectivity index (χ0n) is 21.0. The molecule has 0 atom stereocenters. The molecule has 3 aromatic rings. The van der Waals surface area contributed by atoms with E-state index in [0.717, 1.165) is 38.2 Å². The standard InChI is InChI=1S/C26H30FN5O.C2H6/c1-30(20-7-3-2-4-8-20)29-26-19(18-33)17-28-24-16-25(23(27)15-22(24)26)32-13-11-31(12-14-32)21-9-5-6-10-21;1-2/h2-4,7-8,15-18,21H,5-6,9-14H2,1H3,(H,28,29);1-2H3. The summed E-state index contributed by atoms with van der Waals surface area (Å²) in [6.07, 6.45) is 7.54. The summed E-state index contributed by atoms with van der Waals surface area (Å²) in [7, 11) is 1.87. The number of nitrogens with zero attached hydrogens (tertiary/aromatic N) is 4. The number of pyridine rings is 1. The summed E-state index contributed by atoms with van der Waals surface area (Å²) in [5, 5.41) is 2.41. The molecule has 1 N–H and O–H groups in total. The average Bonchev–Trinajstić information content (AvgIpc) is 3.46. The maximum atomic E-state index is 15.4. The van der Waals surface area contributed by atoms with Crippen molar-refractivity contribution in [2.24, 2.45) is 0 Å². The van der Waals surface area contributed by atoms with Gasteiger partial charge in [-0.15, -0.1) is 0 Å². The van der Waals surface area contributed by atoms with Gasteiger partial charge in [-0.05, 0) is 37.1 Å². The number of benzene rings is 2. The maximum Gasteiger partial charge on any atom is 0.153 e. The van der Waals surface area contributed by atoms with Crippen molar-refractivity contribution in [1.29, 1.82) is 0 Å². The Balaban J connectivity index is 0.00000141. The van der Waals surface area contributed by atoms with Gasteiger partial charge in [0.2, 0.25) is 0 Å². The molecule has 2 aromatic carbocycles. The highest BCUT2D eigenvalue weighted by Crippen LogP contribution is 2.33. The molecule has 1 saturated carbocycles. The van der Waals surface area contributed by atoms with Crippen molar-refractivity contribution in [2.75, 3.05) is 48.6 Å². The highest BCUT2D eigenvalue weighted by molar-refractivity contribution is 6.01. The van der Waals surface area contributed by atoms with E-state index in [-0.39, 0.29) is 5.82 Å². The third-order valence-electron chi connectivity index (χ3n) is 7.01. The molecule has 6 nitrogen and oxygen atoms in total. The number of carbonyl (C=O) groups is 1. The molecule has 5 rings (SSSR count). The normalized spacial score (nSPS) is 16.6. The molecule has 1 aliphatic carbocycles. The second-order valence-electron chi connectivity index (χ2n) is 8.99. The topological polar surface area (TPSA) is 51.7 Å². The van der Waals surface area contributed by atoms with Gasteiger partial charge in [-0.2, -0.15) is 0 Å². The minimum Gasteiger partial charge on any atom is -0.367 e. The Kier molecular flexibility index (Phi) is 8.18. The molecule has 1 aliphatic heterocycles. The number of rotatable bonds is 6. The van der Waals surface area contributed by atoms with E-state index in [0.29, 0.717) is 33.9 Å². The minimum atomic E-state index is -0.285. The number of aromatic nitrogens is 1. The number of fused-ring (bicyclic) bond motifs is 1. The first-order chi connectivity index (χ1) is 17.1. The lowest BCUT2D eigenvalue weighted by molar-refractivity contribution is 0.112. The van der Waals surface area contributed by atoms with Crippen LogP contribution in [0.4, 0.5) is 21.5 Å². The first-order valence-electron chi connectivity index (χ1n) is 12.8. The highest BCUT2D eigenvalue weighted by atomic mass is 19.1. The third kappa shape index (κ3) is 5.40. The average molecular weight is 478 g/mol. The second kappa shape index (κ2) is 11.5. The van der Waals surface area contributed by atoms with Crippen LogP contribution in [0.1, 0.15) is 49.9 Å². The maximum absolute atomic E-state index is 15.4. The number of hydrogen-bond donors (Lipinski definition) is 1. The molecule has 2 fully saturated rings. The van der Waals surface area contributed by atoms with Gasteiger partial charge >= 0.3 is 0 Å². The number of aldehydes is 1. The number of carbonyl (C=O) groups excluding carboxylic acids is 1. The summed E-state index contributed by atoms with van der Waals surface area (Å²) in [6, 6.07) is 13.8. The van der Waals surface area contributed by atoms with E-state index in [1.165, 1.54) is 31.7 Å². The van der Waals surface area contributed by atoms with E-state index in [1.807, 2.05) is 62.3 Å². The number of hydrazine groups is 1. The summed E-state index contributed by atoms with van der Waals surface area (Å²) in [4.78, 5) is 20.9. The van der Waals surface area contributed by atoms with Crippen LogP contribution in [-0.4, -0.2) is 55.4 Å². The van der Waals surface area contributed by atoms with Gasteiger partial charge < -0.3 is 4.90 Å². The first-order valence-corrected chi connectivity index (χ1v) is 12.8. The Labute approximate surface area is 207 Å². The zero-order chi connectivity index (χ0) is 24.8. The molecule has 35 heavy (non-hydrogen) atoms. The van der Waals surface area contributed by atoms with Crippen LogP contribution in [0, 0.1) is 5.82 Å². The molecule has 0 spiro atoms. The SMILES string of the molecule is CC.CN(Nc1c(C=O)cnc2cc(N3CCN(C4CCCC4)CC3)c(F)cc12)c1ccccc1. The Morgan fingerprint density at radius 1 is 1.06 bits per heavy atom. The van der Waals surface area contributed by atoms with Crippen LogP contribution in [0.3, 0.4) is 0 Å². The van der Waals surface area contributed by atoms with E-state index in [9.17, 15) is 4.79 Å². The van der Waals surface area contributed by atoms with Crippen LogP contribution in [0.2, 0.25) is 0 Å². The summed E-state index contributed by atoms with van der Waals surface area (Å²) in [6.45, 7) is 7.56. The van der Waals surface area contributed by atoms with Gasteiger partial charge in [-0.1, -0.05) is 44.9 Å². The summed E-state index contributed by atoms with van der Waals surface area (Å²) in [5.74, 6) is -0.285. The second-order valence-corrected chi connectivity index (χ2v) is 8.99. The predicted molar refractivity (Wildman–Crippen MR) is 143 cm³/mol. The van der Waals surface area contributed by atoms with E-state index in [1.54, 1.807) is 6.20 Å². The minimum absolute atomic E-state index is 0.285. The Bertz CT molecular complexity index is 1130. The zero-order valence-corrected chi connectivity index (χ0v) is 21.0. The summed E-state index contributed by atoms with van der Waals surface area (Å²) >= 11 is 0. The lowest BCUT2D eigenvalue weighted by Crippen LogP contribution is -2.50. The number of para-hydroxylation sites is 1. The van der Waals surface area contributed by atoms with Crippen LogP contribution in [0.15, 0.2) is 48.7 Å². The van der Waals surface area contributed by atoms with Gasteiger partial charge in [0.25, 0.3) is 0 Å². The molecular formula is C28H36FN5O. The molecule has 0 bridgehead atoms. The fourth-order valence-corrected chi connectivity index (χ4v) is 5.15. The Morgan fingerprint density at radius 3 is 2.40 bits per heavy atom. The molecule has 1 saturated heterocycles. The van der Waals surface area contributed by atoms with E-state index >= 15 is 4.39 Å². The van der Waals surface area contributed by atoms with Crippen molar-refractivity contribution in [3.63, 3.8) is 0 Å². The van der Waals surface area contributed by atoms with Crippen molar-refractivity contribution in [1.82, 2.24) is 9.88 Å². The van der Waals surface area contributed by atoms with Crippen molar-refractivity contribution in [3.05, 3.63) is 60.0 Å². The van der Waals surface area contributed by atoms with E-state index in [4.69, 9.17) is 0 Å². The third-order valence-corrected chi connectivity index (χ3v) is 7.01. The van der Waals surface area contributed by atoms with Crippen molar-refractivity contribution >= 4 is 34.3 Å². The molecule has 0 amide bonds. The lowest BCUT2D eigenvalue weighted by Gasteiger charge is -2.39. The van der Waals surface area contributed by atoms with Gasteiger partial charge in [0.1, 0.15) is 5.82 Å². The van der Waals surface area contributed by atoms with Gasteiger partial charge in [-0.3, -0.25) is 25.1 Å². The number of anilines is 3. The molecule has 1 aromatic heterocycles. The fourth-order valence-electron chi connectivity index (χ4n) is 5.15. The van der Waals surface area contributed by atoms with Crippen molar-refractivity contribution in [3.8, 4) is 0 Å². The van der Waals surface area contributed by atoms with E-state index < -0.39 is 0 Å². The summed E-state index contributed by atoms with van der Waals surface area (Å²) in [5.41, 5.74) is 6.38. The van der Waals surface area contributed by atoms with Gasteiger partial charge in [-0.25, -0.2) is 4.39 Å². The summed E-state index contributed by atoms with van der Waals surface area (Å²) < 4.78 is 15.4. The monoisotopic (exact) mass is 477 g/mol. The van der Waals surface area contributed by atoms with Crippen molar-refractivity contribution in [2.45, 2.75) is 45.6 Å². The van der Waals surface area contributed by atoms with E-state index in [2.05, 4.69) is 20.2 Å². The number of piperazine rings is 1. The molecule has 2 heterocycles. The molecule has 0 unspecified atom stereocenters. The molecule has 7 heteroatoms. The van der Waals surface area contributed by atoms with Crippen LogP contribution in [0.5, 0.6) is 0 Å². The molecule has 186 valence electrons. The Hall–Kier alpha value is -3.19. The van der Waals surface area contributed by atoms with Crippen LogP contribution >= 0.6 is 0 Å². The van der Waals surface area contributed by atoms with Gasteiger partial charge in [0.05, 0.1) is 28.1 Å². The number of hydrogen-bond acceptors (Lipinski definition) is 6. The number of halogens is 1. The largest absolute Gasteiger partial charge is 0.367 e. The molecule has 0 radical (unpaired) electrons. The first kappa shape index (κ1) is 24.9. The smallest absolute Gasteiger partial charge is 0.153 e. The fraction of sp³-hybridized carbons (Fsp3) is 0.429. The van der Waals surface area contributed by atoms with Crippen LogP contribution in [-0.2, 0) is 0 Å². The number of nitrogens with one attached hydrogen (secondary N) is 1. The molecular weight excluding hydrogens is 441 g/mol. The highest BCUT2D eigenvalue weighted by Gasteiger charge is 2.27. The van der Waals surface area contributed by atoms with Gasteiger partial charge in [0.15, 0.2) is 6.29 Å². The van der Waals surface area contributed by atoms with Crippen LogP contribution < -0.4 is 15.3 Å². The Morgan fingerprint density at radius 2 is 1.74 bits per heavy atom. The van der Waals surface area contributed by atoms with Crippen molar-refractivity contribution < 1.29 is 9.18 Å². The van der Waals surface area contributed by atoms with Crippen LogP contribution in [0.25, 0.3) is 10.9 Å². The quantitative estimate of drug-likeness (QED) is 0.361.